The maximum absolute atomic E-state index is 12.2. The first kappa shape index (κ1) is 17.3. The molecular weight excluding hydrogens is 366 g/mol. The van der Waals surface area contributed by atoms with E-state index in [-0.39, 0.29) is 5.91 Å². The van der Waals surface area contributed by atoms with Crippen molar-refractivity contribution in [2.45, 2.75) is 6.92 Å². The highest BCUT2D eigenvalue weighted by Crippen LogP contribution is 2.36. The number of carbonyl (C=O) groups excluding carboxylic acids is 1. The molecule has 0 N–H and O–H groups in total. The Balaban J connectivity index is 2.01. The first-order valence-electron chi connectivity index (χ1n) is 8.25. The third-order valence-corrected chi connectivity index (χ3v) is 4.80. The van der Waals surface area contributed by atoms with E-state index in [0.717, 1.165) is 16.3 Å². The summed E-state index contributed by atoms with van der Waals surface area (Å²) in [6.45, 7) is 1.49. The molecule has 0 spiro atoms. The molecule has 4 rings (SSSR count). The minimum Gasteiger partial charge on any atom is -0.493 e. The number of ether oxygens (including phenoxy) is 2. The lowest BCUT2D eigenvalue weighted by atomic mass is 10.1. The number of benzene rings is 2. The molecule has 0 aliphatic rings. The van der Waals surface area contributed by atoms with Gasteiger partial charge in [-0.2, -0.15) is 0 Å². The number of fused-ring (bicyclic) bond motifs is 3. The largest absolute Gasteiger partial charge is 0.493 e. The second kappa shape index (κ2) is 6.55. The zero-order valence-electron chi connectivity index (χ0n) is 15.0. The van der Waals surface area contributed by atoms with Crippen LogP contribution < -0.4 is 9.47 Å². The molecular formula is C20H16ClN3O3. The average Bonchev–Trinajstić information content (AvgIpc) is 3.02. The van der Waals surface area contributed by atoms with Crippen molar-refractivity contribution in [3.63, 3.8) is 0 Å². The van der Waals surface area contributed by atoms with Crippen LogP contribution in [0.5, 0.6) is 11.5 Å². The van der Waals surface area contributed by atoms with Crippen LogP contribution in [0.4, 0.5) is 0 Å². The lowest BCUT2D eigenvalue weighted by molar-refractivity contribution is 0.0945. The summed E-state index contributed by atoms with van der Waals surface area (Å²) in [5.41, 5.74) is 2.65. The van der Waals surface area contributed by atoms with Crippen LogP contribution in [0, 0.1) is 0 Å². The van der Waals surface area contributed by atoms with Crippen LogP contribution in [0.1, 0.15) is 11.7 Å². The van der Waals surface area contributed by atoms with E-state index < -0.39 is 0 Å². The normalized spacial score (nSPS) is 11.1. The van der Waals surface area contributed by atoms with Gasteiger partial charge in [0.15, 0.2) is 17.1 Å². The fourth-order valence-electron chi connectivity index (χ4n) is 3.27. The van der Waals surface area contributed by atoms with E-state index in [0.29, 0.717) is 33.4 Å². The van der Waals surface area contributed by atoms with Crippen molar-refractivity contribution >= 4 is 39.4 Å². The first-order valence-corrected chi connectivity index (χ1v) is 8.62. The molecule has 27 heavy (non-hydrogen) atoms. The number of carbonyl (C=O) groups is 1. The quantitative estimate of drug-likeness (QED) is 0.519. The highest BCUT2D eigenvalue weighted by Gasteiger charge is 2.18. The standard InChI is InChI=1S/C20H16ClN3O3/c1-11(25)24-16-6-4-5-14(21)19(16)13-10-15(22-23-20(13)24)12-7-8-17(26-2)18(9-12)27-3/h4-10H,1-3H3. The second-order valence-corrected chi connectivity index (χ2v) is 6.43. The van der Waals surface area contributed by atoms with E-state index in [1.807, 2.05) is 36.4 Å². The van der Waals surface area contributed by atoms with E-state index in [9.17, 15) is 4.79 Å². The number of nitrogens with zero attached hydrogens (tertiary/aromatic N) is 3. The molecule has 0 saturated heterocycles. The summed E-state index contributed by atoms with van der Waals surface area (Å²) in [5, 5.41) is 10.7. The zero-order chi connectivity index (χ0) is 19.1. The fraction of sp³-hybridized carbons (Fsp3) is 0.150. The molecule has 0 atom stereocenters. The van der Waals surface area contributed by atoms with Gasteiger partial charge in [0, 0.05) is 23.3 Å². The van der Waals surface area contributed by atoms with Gasteiger partial charge in [0.2, 0.25) is 5.91 Å². The topological polar surface area (TPSA) is 66.2 Å². The minimum absolute atomic E-state index is 0.148. The third kappa shape index (κ3) is 2.69. The summed E-state index contributed by atoms with van der Waals surface area (Å²) in [6.07, 6.45) is 0. The summed E-state index contributed by atoms with van der Waals surface area (Å²) in [7, 11) is 3.17. The first-order chi connectivity index (χ1) is 13.0. The number of rotatable bonds is 3. The number of hydrogen-bond acceptors (Lipinski definition) is 5. The van der Waals surface area contributed by atoms with Gasteiger partial charge in [-0.25, -0.2) is 0 Å². The van der Waals surface area contributed by atoms with Crippen LogP contribution in [0.15, 0.2) is 42.5 Å². The van der Waals surface area contributed by atoms with Crippen LogP contribution in [0.25, 0.3) is 33.2 Å². The van der Waals surface area contributed by atoms with E-state index >= 15 is 0 Å². The lowest BCUT2D eigenvalue weighted by Gasteiger charge is -2.09. The highest BCUT2D eigenvalue weighted by atomic mass is 35.5. The van der Waals surface area contributed by atoms with Crippen LogP contribution in [-0.4, -0.2) is 34.9 Å². The molecule has 0 unspecified atom stereocenters. The van der Waals surface area contributed by atoms with E-state index in [4.69, 9.17) is 21.1 Å². The van der Waals surface area contributed by atoms with E-state index in [1.54, 1.807) is 20.3 Å². The maximum atomic E-state index is 12.2. The number of aromatic nitrogens is 3. The molecule has 2 heterocycles. The van der Waals surface area contributed by atoms with Gasteiger partial charge in [0.25, 0.3) is 0 Å². The van der Waals surface area contributed by atoms with Gasteiger partial charge >= 0.3 is 0 Å². The molecule has 2 aromatic carbocycles. The summed E-state index contributed by atoms with van der Waals surface area (Å²) in [5.74, 6) is 1.08. The van der Waals surface area contributed by atoms with Crippen LogP contribution >= 0.6 is 11.6 Å². The van der Waals surface area contributed by atoms with Crippen molar-refractivity contribution in [2.75, 3.05) is 14.2 Å². The number of methoxy groups -OCH3 is 2. The van der Waals surface area contributed by atoms with Gasteiger partial charge in [0.05, 0.1) is 30.5 Å². The molecule has 0 radical (unpaired) electrons. The molecule has 136 valence electrons. The van der Waals surface area contributed by atoms with Crippen molar-refractivity contribution in [3.05, 3.63) is 47.5 Å². The predicted molar refractivity (Wildman–Crippen MR) is 105 cm³/mol. The Morgan fingerprint density at radius 3 is 2.52 bits per heavy atom. The van der Waals surface area contributed by atoms with Gasteiger partial charge < -0.3 is 9.47 Å². The molecule has 4 aromatic rings. The van der Waals surface area contributed by atoms with Gasteiger partial charge in [-0.15, -0.1) is 10.2 Å². The minimum atomic E-state index is -0.148. The van der Waals surface area contributed by atoms with Crippen molar-refractivity contribution in [3.8, 4) is 22.8 Å². The second-order valence-electron chi connectivity index (χ2n) is 6.03. The van der Waals surface area contributed by atoms with E-state index in [2.05, 4.69) is 10.2 Å². The smallest absolute Gasteiger partial charge is 0.229 e. The SMILES string of the molecule is COc1ccc(-c2cc3c4c(Cl)cccc4n(C(C)=O)c3nn2)cc1OC. The zero-order valence-corrected chi connectivity index (χ0v) is 15.7. The Bertz CT molecular complexity index is 1200. The predicted octanol–water partition coefficient (Wildman–Crippen LogP) is 4.58. The summed E-state index contributed by atoms with van der Waals surface area (Å²) >= 11 is 6.43. The molecule has 2 aromatic heterocycles. The van der Waals surface area contributed by atoms with Crippen LogP contribution in [-0.2, 0) is 0 Å². The Kier molecular flexibility index (Phi) is 4.20. The van der Waals surface area contributed by atoms with Crippen molar-refractivity contribution in [1.29, 1.82) is 0 Å². The van der Waals surface area contributed by atoms with Crippen molar-refractivity contribution < 1.29 is 14.3 Å². The molecule has 7 heteroatoms. The van der Waals surface area contributed by atoms with E-state index in [1.165, 1.54) is 11.5 Å². The fourth-order valence-corrected chi connectivity index (χ4v) is 3.54. The summed E-state index contributed by atoms with van der Waals surface area (Å²) in [6, 6.07) is 12.9. The molecule has 0 aliphatic heterocycles. The Hall–Kier alpha value is -3.12. The Morgan fingerprint density at radius 1 is 1.04 bits per heavy atom. The van der Waals surface area contributed by atoms with Crippen LogP contribution in [0.2, 0.25) is 5.02 Å². The van der Waals surface area contributed by atoms with Crippen LogP contribution in [0.3, 0.4) is 0 Å². The highest BCUT2D eigenvalue weighted by molar-refractivity contribution is 6.38. The lowest BCUT2D eigenvalue weighted by Crippen LogP contribution is -2.06. The maximum Gasteiger partial charge on any atom is 0.229 e. The number of hydrogen-bond donors (Lipinski definition) is 0. The molecule has 0 aliphatic carbocycles. The average molecular weight is 382 g/mol. The summed E-state index contributed by atoms with van der Waals surface area (Å²) in [4.78, 5) is 12.2. The molecule has 0 bridgehead atoms. The molecule has 0 saturated carbocycles. The molecule has 6 nitrogen and oxygen atoms in total. The monoisotopic (exact) mass is 381 g/mol. The molecule has 0 fully saturated rings. The van der Waals surface area contributed by atoms with Gasteiger partial charge in [0.1, 0.15) is 0 Å². The Labute approximate surface area is 160 Å². The Morgan fingerprint density at radius 2 is 1.81 bits per heavy atom. The molecule has 0 amide bonds. The third-order valence-electron chi connectivity index (χ3n) is 4.48. The number of halogens is 1. The summed E-state index contributed by atoms with van der Waals surface area (Å²) < 4.78 is 12.2. The van der Waals surface area contributed by atoms with Crippen molar-refractivity contribution in [1.82, 2.24) is 14.8 Å². The van der Waals surface area contributed by atoms with Gasteiger partial charge in [-0.05, 0) is 36.4 Å². The van der Waals surface area contributed by atoms with Gasteiger partial charge in [-0.1, -0.05) is 17.7 Å². The van der Waals surface area contributed by atoms with Crippen molar-refractivity contribution in [2.24, 2.45) is 0 Å². The van der Waals surface area contributed by atoms with Gasteiger partial charge in [-0.3, -0.25) is 9.36 Å².